The first-order valence-corrected chi connectivity index (χ1v) is 5.55. The van der Waals surface area contributed by atoms with Gasteiger partial charge in [0.25, 0.3) is 0 Å². The van der Waals surface area contributed by atoms with E-state index in [2.05, 4.69) is 19.9 Å². The molecule has 0 aliphatic heterocycles. The van der Waals surface area contributed by atoms with E-state index in [1.807, 2.05) is 0 Å². The summed E-state index contributed by atoms with van der Waals surface area (Å²) in [6.07, 6.45) is 9.77. The predicted molar refractivity (Wildman–Crippen MR) is 53.0 cm³/mol. The Morgan fingerprint density at radius 2 is 2.17 bits per heavy atom. The second-order valence-electron chi connectivity index (χ2n) is 4.44. The molecule has 0 N–H and O–H groups in total. The molecule has 0 amide bonds. The average molecular weight is 164 g/mol. The van der Waals surface area contributed by atoms with Crippen LogP contribution in [0.1, 0.15) is 46.0 Å². The molecule has 0 saturated heterocycles. The Hall–Kier alpha value is -0.260. The summed E-state index contributed by atoms with van der Waals surface area (Å²) in [5, 5.41) is 0. The Bertz CT molecular complexity index is 190. The number of hydrogen-bond acceptors (Lipinski definition) is 0. The molecule has 3 aliphatic carbocycles. The molecule has 0 spiro atoms. The zero-order valence-corrected chi connectivity index (χ0v) is 8.34. The van der Waals surface area contributed by atoms with Crippen LogP contribution < -0.4 is 0 Å². The Kier molecular flexibility index (Phi) is 2.25. The second-order valence-corrected chi connectivity index (χ2v) is 4.44. The molecule has 0 heteroatoms. The van der Waals surface area contributed by atoms with Crippen molar-refractivity contribution < 1.29 is 0 Å². The molecule has 0 heterocycles. The quantitative estimate of drug-likeness (QED) is 0.545. The highest BCUT2D eigenvalue weighted by Gasteiger charge is 2.34. The highest BCUT2D eigenvalue weighted by Crippen LogP contribution is 2.46. The van der Waals surface area contributed by atoms with Crippen LogP contribution in [-0.4, -0.2) is 0 Å². The van der Waals surface area contributed by atoms with E-state index in [0.717, 1.165) is 17.8 Å². The molecule has 3 atom stereocenters. The molecular formula is C12H20. The van der Waals surface area contributed by atoms with Gasteiger partial charge in [0, 0.05) is 0 Å². The molecule has 2 bridgehead atoms. The van der Waals surface area contributed by atoms with Gasteiger partial charge in [-0.25, -0.2) is 0 Å². The molecule has 3 rings (SSSR count). The van der Waals surface area contributed by atoms with Gasteiger partial charge in [-0.1, -0.05) is 31.9 Å². The summed E-state index contributed by atoms with van der Waals surface area (Å²) in [6, 6.07) is 0. The van der Waals surface area contributed by atoms with Crippen LogP contribution >= 0.6 is 0 Å². The van der Waals surface area contributed by atoms with Crippen molar-refractivity contribution in [1.29, 1.82) is 0 Å². The number of rotatable bonds is 2. The molecular weight excluding hydrogens is 144 g/mol. The Balaban J connectivity index is 2.15. The molecule has 0 nitrogen and oxygen atoms in total. The van der Waals surface area contributed by atoms with Gasteiger partial charge in [0.15, 0.2) is 0 Å². The lowest BCUT2D eigenvalue weighted by Gasteiger charge is -2.41. The van der Waals surface area contributed by atoms with Gasteiger partial charge in [0.1, 0.15) is 0 Å². The second kappa shape index (κ2) is 3.24. The molecule has 0 aromatic carbocycles. The summed E-state index contributed by atoms with van der Waals surface area (Å²) in [4.78, 5) is 0. The number of allylic oxidation sites excluding steroid dienone is 2. The fourth-order valence-corrected chi connectivity index (χ4v) is 3.13. The largest absolute Gasteiger partial charge is 0.0817 e. The maximum Gasteiger partial charge on any atom is -0.0200 e. The molecule has 3 unspecified atom stereocenters. The minimum Gasteiger partial charge on any atom is -0.0817 e. The van der Waals surface area contributed by atoms with Crippen molar-refractivity contribution in [1.82, 2.24) is 0 Å². The number of fused-ring (bicyclic) bond motifs is 2. The first-order valence-electron chi connectivity index (χ1n) is 5.55. The summed E-state index contributed by atoms with van der Waals surface area (Å²) in [7, 11) is 0. The van der Waals surface area contributed by atoms with Gasteiger partial charge >= 0.3 is 0 Å². The van der Waals surface area contributed by atoms with E-state index in [1.165, 1.54) is 32.1 Å². The maximum absolute atomic E-state index is 2.60. The van der Waals surface area contributed by atoms with Crippen LogP contribution in [0.2, 0.25) is 0 Å². The van der Waals surface area contributed by atoms with Crippen LogP contribution in [0.15, 0.2) is 11.6 Å². The van der Waals surface area contributed by atoms with Gasteiger partial charge in [0.2, 0.25) is 0 Å². The third-order valence-electron chi connectivity index (χ3n) is 3.93. The predicted octanol–water partition coefficient (Wildman–Crippen LogP) is 3.78. The molecule has 1 fully saturated rings. The van der Waals surface area contributed by atoms with Crippen LogP contribution in [-0.2, 0) is 0 Å². The zero-order chi connectivity index (χ0) is 8.55. The highest BCUT2D eigenvalue weighted by atomic mass is 14.4. The summed E-state index contributed by atoms with van der Waals surface area (Å²) >= 11 is 0. The molecule has 3 aliphatic rings. The Labute approximate surface area is 76.1 Å². The average Bonchev–Trinajstić information content (AvgIpc) is 2.18. The summed E-state index contributed by atoms with van der Waals surface area (Å²) in [6.45, 7) is 4.66. The van der Waals surface area contributed by atoms with Gasteiger partial charge in [-0.2, -0.15) is 0 Å². The van der Waals surface area contributed by atoms with Gasteiger partial charge in [-0.3, -0.25) is 0 Å². The van der Waals surface area contributed by atoms with Crippen LogP contribution in [0.3, 0.4) is 0 Å². The van der Waals surface area contributed by atoms with Gasteiger partial charge in [0.05, 0.1) is 0 Å². The van der Waals surface area contributed by atoms with Crippen LogP contribution in [0.5, 0.6) is 0 Å². The molecule has 12 heavy (non-hydrogen) atoms. The van der Waals surface area contributed by atoms with E-state index < -0.39 is 0 Å². The summed E-state index contributed by atoms with van der Waals surface area (Å²) in [5.74, 6) is 2.96. The van der Waals surface area contributed by atoms with Crippen molar-refractivity contribution in [3.05, 3.63) is 11.6 Å². The Morgan fingerprint density at radius 1 is 1.33 bits per heavy atom. The summed E-state index contributed by atoms with van der Waals surface area (Å²) in [5.41, 5.74) is 1.77. The third-order valence-corrected chi connectivity index (χ3v) is 3.93. The normalized spacial score (nSPS) is 39.8. The maximum atomic E-state index is 2.60. The Morgan fingerprint density at radius 3 is 2.67 bits per heavy atom. The van der Waals surface area contributed by atoms with Gasteiger partial charge < -0.3 is 0 Å². The van der Waals surface area contributed by atoms with E-state index in [-0.39, 0.29) is 0 Å². The van der Waals surface area contributed by atoms with Gasteiger partial charge in [-0.05, 0) is 43.4 Å². The lowest BCUT2D eigenvalue weighted by atomic mass is 9.64. The molecule has 0 aromatic rings. The molecule has 1 saturated carbocycles. The van der Waals surface area contributed by atoms with Gasteiger partial charge in [-0.15, -0.1) is 0 Å². The van der Waals surface area contributed by atoms with E-state index in [4.69, 9.17) is 0 Å². The fraction of sp³-hybridized carbons (Fsp3) is 0.833. The topological polar surface area (TPSA) is 0 Å². The minimum absolute atomic E-state index is 0.954. The SMILES string of the molecule is CCC1=CC2CCC1CC2CC. The standard InChI is InChI=1S/C12H20/c1-3-9-7-12-6-5-11(9)8-10(12)4-2/h7,10-12H,3-6,8H2,1-2H3. The van der Waals surface area contributed by atoms with E-state index >= 15 is 0 Å². The minimum atomic E-state index is 0.954. The van der Waals surface area contributed by atoms with Crippen molar-refractivity contribution in [2.75, 3.05) is 0 Å². The van der Waals surface area contributed by atoms with Crippen LogP contribution in [0, 0.1) is 17.8 Å². The summed E-state index contributed by atoms with van der Waals surface area (Å²) < 4.78 is 0. The van der Waals surface area contributed by atoms with E-state index in [0.29, 0.717) is 0 Å². The first kappa shape index (κ1) is 8.34. The number of hydrogen-bond donors (Lipinski definition) is 0. The molecule has 0 aromatic heterocycles. The van der Waals surface area contributed by atoms with Crippen molar-refractivity contribution >= 4 is 0 Å². The van der Waals surface area contributed by atoms with Crippen molar-refractivity contribution in [2.24, 2.45) is 17.8 Å². The van der Waals surface area contributed by atoms with Crippen molar-refractivity contribution in [3.63, 3.8) is 0 Å². The lowest BCUT2D eigenvalue weighted by Crippen LogP contribution is -2.29. The molecule has 0 radical (unpaired) electrons. The van der Waals surface area contributed by atoms with Crippen molar-refractivity contribution in [3.8, 4) is 0 Å². The first-order chi connectivity index (χ1) is 5.85. The van der Waals surface area contributed by atoms with Crippen LogP contribution in [0.25, 0.3) is 0 Å². The molecule has 68 valence electrons. The van der Waals surface area contributed by atoms with E-state index in [1.54, 1.807) is 5.57 Å². The highest BCUT2D eigenvalue weighted by molar-refractivity contribution is 5.17. The van der Waals surface area contributed by atoms with E-state index in [9.17, 15) is 0 Å². The smallest absolute Gasteiger partial charge is 0.0200 e. The lowest BCUT2D eigenvalue weighted by molar-refractivity contribution is 0.201. The van der Waals surface area contributed by atoms with Crippen LogP contribution in [0.4, 0.5) is 0 Å². The third kappa shape index (κ3) is 1.22. The monoisotopic (exact) mass is 164 g/mol. The van der Waals surface area contributed by atoms with Crippen molar-refractivity contribution in [2.45, 2.75) is 46.0 Å². The fourth-order valence-electron chi connectivity index (χ4n) is 3.13. The zero-order valence-electron chi connectivity index (χ0n) is 8.34.